The topological polar surface area (TPSA) is 42.4 Å². The Morgan fingerprint density at radius 2 is 1.95 bits per heavy atom. The van der Waals surface area contributed by atoms with E-state index in [9.17, 15) is 5.11 Å². The molecule has 0 amide bonds. The van der Waals surface area contributed by atoms with Gasteiger partial charge in [-0.3, -0.25) is 4.98 Å². The minimum atomic E-state index is -0.936. The maximum atomic E-state index is 10.4. The molecular weight excluding hydrogens is 297 g/mol. The van der Waals surface area contributed by atoms with Crippen LogP contribution in [0.15, 0.2) is 36.7 Å². The number of pyridine rings is 1. The summed E-state index contributed by atoms with van der Waals surface area (Å²) in [6, 6.07) is 6.86. The van der Waals surface area contributed by atoms with Gasteiger partial charge in [0.15, 0.2) is 0 Å². The average molecular weight is 312 g/mol. The fourth-order valence-electron chi connectivity index (χ4n) is 1.82. The number of aromatic nitrogens is 1. The molecule has 5 heteroatoms. The van der Waals surface area contributed by atoms with Crippen molar-refractivity contribution < 1.29 is 9.84 Å². The van der Waals surface area contributed by atoms with Gasteiger partial charge >= 0.3 is 0 Å². The van der Waals surface area contributed by atoms with Crippen molar-refractivity contribution in [3.63, 3.8) is 0 Å². The van der Waals surface area contributed by atoms with E-state index < -0.39 is 6.10 Å². The molecule has 1 N–H and O–H groups in total. The predicted molar refractivity (Wildman–Crippen MR) is 80.5 cm³/mol. The van der Waals surface area contributed by atoms with Gasteiger partial charge in [0.2, 0.25) is 0 Å². The highest BCUT2D eigenvalue weighted by atomic mass is 35.5. The van der Waals surface area contributed by atoms with Crippen LogP contribution in [-0.2, 0) is 0 Å². The molecule has 0 saturated heterocycles. The van der Waals surface area contributed by atoms with E-state index in [0.29, 0.717) is 33.5 Å². The van der Waals surface area contributed by atoms with Gasteiger partial charge in [-0.1, -0.05) is 36.2 Å². The van der Waals surface area contributed by atoms with Crippen LogP contribution in [0, 0.1) is 0 Å². The minimum absolute atomic E-state index is 0.421. The van der Waals surface area contributed by atoms with Gasteiger partial charge in [0.05, 0.1) is 12.8 Å². The van der Waals surface area contributed by atoms with Crippen LogP contribution < -0.4 is 4.74 Å². The molecule has 0 bridgehead atoms. The van der Waals surface area contributed by atoms with Crippen LogP contribution in [0.5, 0.6) is 5.75 Å². The van der Waals surface area contributed by atoms with E-state index in [0.717, 1.165) is 6.42 Å². The number of nitrogens with zero attached hydrogens (tertiary/aromatic N) is 1. The molecule has 0 spiro atoms. The number of ether oxygens (including phenoxy) is 1. The standard InChI is InChI=1S/C15H15Cl2NO2/c1-2-6-20-11-7-10(8-18-9-11)15(19)14-12(16)4-3-5-13(14)17/h3-5,7-9,15,19H,2,6H2,1H3. The van der Waals surface area contributed by atoms with E-state index in [1.54, 1.807) is 36.7 Å². The summed E-state index contributed by atoms with van der Waals surface area (Å²) in [4.78, 5) is 4.07. The zero-order valence-electron chi connectivity index (χ0n) is 11.0. The summed E-state index contributed by atoms with van der Waals surface area (Å²) in [7, 11) is 0. The van der Waals surface area contributed by atoms with Gasteiger partial charge in [0, 0.05) is 27.4 Å². The molecule has 0 saturated carbocycles. The third-order valence-corrected chi connectivity index (χ3v) is 3.46. The number of aliphatic hydroxyl groups is 1. The molecule has 0 fully saturated rings. The number of benzene rings is 1. The third-order valence-electron chi connectivity index (χ3n) is 2.80. The molecule has 0 aliphatic carbocycles. The van der Waals surface area contributed by atoms with E-state index in [-0.39, 0.29) is 0 Å². The Hall–Kier alpha value is -1.29. The number of hydrogen-bond donors (Lipinski definition) is 1. The fourth-order valence-corrected chi connectivity index (χ4v) is 2.43. The van der Waals surface area contributed by atoms with E-state index in [1.807, 2.05) is 6.92 Å². The molecule has 0 aliphatic heterocycles. The molecule has 106 valence electrons. The summed E-state index contributed by atoms with van der Waals surface area (Å²) in [5.74, 6) is 0.617. The van der Waals surface area contributed by atoms with Gasteiger partial charge in [0.1, 0.15) is 11.9 Å². The lowest BCUT2D eigenvalue weighted by atomic mass is 10.0. The smallest absolute Gasteiger partial charge is 0.137 e. The quantitative estimate of drug-likeness (QED) is 0.897. The van der Waals surface area contributed by atoms with Crippen LogP contribution in [0.3, 0.4) is 0 Å². The molecule has 20 heavy (non-hydrogen) atoms. The Labute approximate surface area is 128 Å². The molecule has 0 radical (unpaired) electrons. The average Bonchev–Trinajstić information content (AvgIpc) is 2.45. The molecule has 0 aliphatic rings. The van der Waals surface area contributed by atoms with Crippen molar-refractivity contribution in [1.29, 1.82) is 0 Å². The van der Waals surface area contributed by atoms with Gasteiger partial charge < -0.3 is 9.84 Å². The summed E-state index contributed by atoms with van der Waals surface area (Å²) in [6.45, 7) is 2.63. The lowest BCUT2D eigenvalue weighted by Gasteiger charge is -2.15. The summed E-state index contributed by atoms with van der Waals surface area (Å²) in [5, 5.41) is 11.3. The Morgan fingerprint density at radius 1 is 1.25 bits per heavy atom. The summed E-state index contributed by atoms with van der Waals surface area (Å²) in [6.07, 6.45) is 3.15. The van der Waals surface area contributed by atoms with Gasteiger partial charge in [-0.25, -0.2) is 0 Å². The molecule has 2 rings (SSSR count). The van der Waals surface area contributed by atoms with Crippen LogP contribution in [0.2, 0.25) is 10.0 Å². The molecule has 1 aromatic carbocycles. The molecule has 3 nitrogen and oxygen atoms in total. The van der Waals surface area contributed by atoms with Gasteiger partial charge in [-0.2, -0.15) is 0 Å². The second-order valence-corrected chi connectivity index (χ2v) is 5.15. The Morgan fingerprint density at radius 3 is 2.60 bits per heavy atom. The van der Waals surface area contributed by atoms with Crippen LogP contribution in [0.1, 0.15) is 30.6 Å². The molecule has 1 unspecified atom stereocenters. The van der Waals surface area contributed by atoms with Crippen molar-refractivity contribution in [1.82, 2.24) is 4.98 Å². The highest BCUT2D eigenvalue weighted by Crippen LogP contribution is 2.34. The predicted octanol–water partition coefficient (Wildman–Crippen LogP) is 4.26. The van der Waals surface area contributed by atoms with Crippen molar-refractivity contribution in [3.05, 3.63) is 57.8 Å². The summed E-state index contributed by atoms with van der Waals surface area (Å²) in [5.41, 5.74) is 1.07. The zero-order chi connectivity index (χ0) is 14.5. The Balaban J connectivity index is 2.31. The molecule has 1 heterocycles. The van der Waals surface area contributed by atoms with Crippen LogP contribution in [0.25, 0.3) is 0 Å². The van der Waals surface area contributed by atoms with Gasteiger partial charge in [-0.15, -0.1) is 0 Å². The maximum absolute atomic E-state index is 10.4. The molecule has 1 aromatic heterocycles. The summed E-state index contributed by atoms with van der Waals surface area (Å²) < 4.78 is 5.50. The zero-order valence-corrected chi connectivity index (χ0v) is 12.5. The van der Waals surface area contributed by atoms with E-state index >= 15 is 0 Å². The lowest BCUT2D eigenvalue weighted by molar-refractivity contribution is 0.219. The van der Waals surface area contributed by atoms with Crippen molar-refractivity contribution in [3.8, 4) is 5.75 Å². The second kappa shape index (κ2) is 6.93. The fraction of sp³-hybridized carbons (Fsp3) is 0.267. The first-order valence-corrected chi connectivity index (χ1v) is 7.08. The third kappa shape index (κ3) is 3.42. The first-order chi connectivity index (χ1) is 9.63. The normalized spacial score (nSPS) is 12.2. The van der Waals surface area contributed by atoms with Crippen molar-refractivity contribution in [2.75, 3.05) is 6.61 Å². The first-order valence-electron chi connectivity index (χ1n) is 6.33. The second-order valence-electron chi connectivity index (χ2n) is 4.34. The largest absolute Gasteiger partial charge is 0.492 e. The Bertz CT molecular complexity index is 570. The number of halogens is 2. The SMILES string of the molecule is CCCOc1cncc(C(O)c2c(Cl)cccc2Cl)c1. The number of hydrogen-bond acceptors (Lipinski definition) is 3. The lowest BCUT2D eigenvalue weighted by Crippen LogP contribution is -2.03. The molecule has 2 aromatic rings. The molecular formula is C15H15Cl2NO2. The van der Waals surface area contributed by atoms with E-state index in [4.69, 9.17) is 27.9 Å². The molecule has 1 atom stereocenters. The highest BCUT2D eigenvalue weighted by molar-refractivity contribution is 6.36. The number of aliphatic hydroxyl groups excluding tert-OH is 1. The van der Waals surface area contributed by atoms with Crippen molar-refractivity contribution in [2.24, 2.45) is 0 Å². The van der Waals surface area contributed by atoms with Crippen molar-refractivity contribution in [2.45, 2.75) is 19.4 Å². The maximum Gasteiger partial charge on any atom is 0.137 e. The Kier molecular flexibility index (Phi) is 5.24. The monoisotopic (exact) mass is 311 g/mol. The van der Waals surface area contributed by atoms with Crippen LogP contribution >= 0.6 is 23.2 Å². The van der Waals surface area contributed by atoms with Crippen LogP contribution in [0.4, 0.5) is 0 Å². The van der Waals surface area contributed by atoms with E-state index in [2.05, 4.69) is 4.98 Å². The summed E-state index contributed by atoms with van der Waals surface area (Å²) >= 11 is 12.2. The van der Waals surface area contributed by atoms with Crippen LogP contribution in [-0.4, -0.2) is 16.7 Å². The number of rotatable bonds is 5. The van der Waals surface area contributed by atoms with Crippen molar-refractivity contribution >= 4 is 23.2 Å². The minimum Gasteiger partial charge on any atom is -0.492 e. The first kappa shape index (κ1) is 15.1. The van der Waals surface area contributed by atoms with E-state index in [1.165, 1.54) is 0 Å². The highest BCUT2D eigenvalue weighted by Gasteiger charge is 2.18. The van der Waals surface area contributed by atoms with Gasteiger partial charge in [0.25, 0.3) is 0 Å². The van der Waals surface area contributed by atoms with Gasteiger partial charge in [-0.05, 0) is 24.6 Å².